The number of halogens is 1. The fourth-order valence-corrected chi connectivity index (χ4v) is 3.51. The van der Waals surface area contributed by atoms with Crippen molar-refractivity contribution in [2.45, 2.75) is 44.5 Å². The zero-order chi connectivity index (χ0) is 14.6. The zero-order valence-corrected chi connectivity index (χ0v) is 13.7. The largest absolute Gasteiger partial charge is 0.353 e. The number of piperazine rings is 1. The van der Waals surface area contributed by atoms with Gasteiger partial charge in [-0.1, -0.05) is 0 Å². The lowest BCUT2D eigenvalue weighted by Crippen LogP contribution is -2.61. The standard InChI is InChI=1S/C14H22ClN3OS/c1-14(2)13(19)16-6-8-18(14)7-4-3-5-12-17-11(9-15)10-20-12/h10H,3-9H2,1-2H3,(H,16,19). The maximum atomic E-state index is 11.8. The molecule has 4 nitrogen and oxygen atoms in total. The second-order valence-corrected chi connectivity index (χ2v) is 6.84. The van der Waals surface area contributed by atoms with Crippen LogP contribution >= 0.6 is 22.9 Å². The fourth-order valence-electron chi connectivity index (χ4n) is 2.44. The first-order valence-corrected chi connectivity index (χ1v) is 8.48. The van der Waals surface area contributed by atoms with Crippen molar-refractivity contribution in [1.29, 1.82) is 0 Å². The second kappa shape index (κ2) is 6.87. The average molecular weight is 316 g/mol. The van der Waals surface area contributed by atoms with Gasteiger partial charge in [-0.05, 0) is 39.7 Å². The van der Waals surface area contributed by atoms with E-state index in [0.29, 0.717) is 5.88 Å². The van der Waals surface area contributed by atoms with E-state index >= 15 is 0 Å². The van der Waals surface area contributed by atoms with Crippen molar-refractivity contribution >= 4 is 28.8 Å². The fraction of sp³-hybridized carbons (Fsp3) is 0.714. The third-order valence-electron chi connectivity index (χ3n) is 3.82. The first-order valence-electron chi connectivity index (χ1n) is 7.06. The van der Waals surface area contributed by atoms with Crippen molar-refractivity contribution in [3.05, 3.63) is 16.1 Å². The van der Waals surface area contributed by atoms with Gasteiger partial charge in [-0.3, -0.25) is 9.69 Å². The highest BCUT2D eigenvalue weighted by molar-refractivity contribution is 7.09. The van der Waals surface area contributed by atoms with Crippen LogP contribution in [0.4, 0.5) is 0 Å². The van der Waals surface area contributed by atoms with Gasteiger partial charge in [-0.25, -0.2) is 4.98 Å². The van der Waals surface area contributed by atoms with E-state index in [2.05, 4.69) is 15.2 Å². The quantitative estimate of drug-likeness (QED) is 0.648. The van der Waals surface area contributed by atoms with Gasteiger partial charge in [0.2, 0.25) is 5.91 Å². The molecule has 1 fully saturated rings. The summed E-state index contributed by atoms with van der Waals surface area (Å²) in [6.45, 7) is 6.65. The van der Waals surface area contributed by atoms with Crippen LogP contribution in [0.5, 0.6) is 0 Å². The topological polar surface area (TPSA) is 45.2 Å². The molecule has 0 aliphatic carbocycles. The van der Waals surface area contributed by atoms with Gasteiger partial charge in [0, 0.05) is 18.5 Å². The SMILES string of the molecule is CC1(C)C(=O)NCCN1CCCCc1nc(CCl)cs1. The van der Waals surface area contributed by atoms with Crippen molar-refractivity contribution < 1.29 is 4.79 Å². The Bertz CT molecular complexity index is 461. The lowest BCUT2D eigenvalue weighted by Gasteiger charge is -2.41. The summed E-state index contributed by atoms with van der Waals surface area (Å²) in [5.41, 5.74) is 0.589. The van der Waals surface area contributed by atoms with Crippen LogP contribution in [0.25, 0.3) is 0 Å². The van der Waals surface area contributed by atoms with E-state index in [1.165, 1.54) is 0 Å². The molecular formula is C14H22ClN3OS. The molecule has 0 aromatic carbocycles. The molecule has 0 spiro atoms. The van der Waals surface area contributed by atoms with Gasteiger partial charge in [-0.15, -0.1) is 22.9 Å². The molecule has 1 amide bonds. The maximum absolute atomic E-state index is 11.8. The summed E-state index contributed by atoms with van der Waals surface area (Å²) < 4.78 is 0. The van der Waals surface area contributed by atoms with Crippen molar-refractivity contribution in [1.82, 2.24) is 15.2 Å². The Morgan fingerprint density at radius 3 is 3.00 bits per heavy atom. The Morgan fingerprint density at radius 2 is 2.30 bits per heavy atom. The van der Waals surface area contributed by atoms with Gasteiger partial charge in [-0.2, -0.15) is 0 Å². The van der Waals surface area contributed by atoms with E-state index < -0.39 is 0 Å². The number of carbonyl (C=O) groups is 1. The molecule has 0 unspecified atom stereocenters. The van der Waals surface area contributed by atoms with E-state index in [1.54, 1.807) is 11.3 Å². The number of hydrogen-bond donors (Lipinski definition) is 1. The molecule has 1 aliphatic rings. The number of hydrogen-bond acceptors (Lipinski definition) is 4. The highest BCUT2D eigenvalue weighted by atomic mass is 35.5. The van der Waals surface area contributed by atoms with Gasteiger partial charge < -0.3 is 5.32 Å². The smallest absolute Gasteiger partial charge is 0.239 e. The Kier molecular flexibility index (Phi) is 5.41. The monoisotopic (exact) mass is 315 g/mol. The van der Waals surface area contributed by atoms with Crippen molar-refractivity contribution in [3.8, 4) is 0 Å². The molecule has 0 atom stereocenters. The number of nitrogens with zero attached hydrogens (tertiary/aromatic N) is 2. The summed E-state index contributed by atoms with van der Waals surface area (Å²) in [6, 6.07) is 0. The minimum atomic E-state index is -0.384. The molecule has 2 rings (SSSR count). The molecule has 6 heteroatoms. The third kappa shape index (κ3) is 3.71. The summed E-state index contributed by atoms with van der Waals surface area (Å²) in [5.74, 6) is 0.628. The van der Waals surface area contributed by atoms with E-state index in [4.69, 9.17) is 11.6 Å². The molecule has 0 saturated carbocycles. The van der Waals surface area contributed by atoms with Crippen LogP contribution < -0.4 is 5.32 Å². The predicted octanol–water partition coefficient (Wildman–Crippen LogP) is 2.42. The summed E-state index contributed by atoms with van der Waals surface area (Å²) >= 11 is 7.43. The van der Waals surface area contributed by atoms with Crippen LogP contribution in [0.3, 0.4) is 0 Å². The third-order valence-corrected chi connectivity index (χ3v) is 5.05. The summed E-state index contributed by atoms with van der Waals surface area (Å²) in [7, 11) is 0. The lowest BCUT2D eigenvalue weighted by atomic mass is 9.98. The van der Waals surface area contributed by atoms with Gasteiger partial charge in [0.1, 0.15) is 0 Å². The van der Waals surface area contributed by atoms with Crippen molar-refractivity contribution in [2.24, 2.45) is 0 Å². The number of unbranched alkanes of at least 4 members (excludes halogenated alkanes) is 1. The molecule has 1 saturated heterocycles. The Morgan fingerprint density at radius 1 is 1.50 bits per heavy atom. The number of aromatic nitrogens is 1. The normalized spacial score (nSPS) is 19.1. The van der Waals surface area contributed by atoms with E-state index in [0.717, 1.165) is 49.6 Å². The van der Waals surface area contributed by atoms with Crippen LogP contribution in [0.15, 0.2) is 5.38 Å². The maximum Gasteiger partial charge on any atom is 0.239 e. The molecule has 20 heavy (non-hydrogen) atoms. The molecule has 1 aromatic rings. The van der Waals surface area contributed by atoms with Gasteiger partial charge >= 0.3 is 0 Å². The molecule has 112 valence electrons. The van der Waals surface area contributed by atoms with E-state index in [1.807, 2.05) is 19.2 Å². The molecule has 1 aliphatic heterocycles. The van der Waals surface area contributed by atoms with Crippen LogP contribution in [-0.2, 0) is 17.1 Å². The van der Waals surface area contributed by atoms with Crippen LogP contribution in [0.2, 0.25) is 0 Å². The number of carbonyl (C=O) groups excluding carboxylic acids is 1. The van der Waals surface area contributed by atoms with Crippen LogP contribution in [-0.4, -0.2) is 41.0 Å². The number of rotatable bonds is 6. The Labute approximate surface area is 129 Å². The Balaban J connectivity index is 1.74. The lowest BCUT2D eigenvalue weighted by molar-refractivity contribution is -0.135. The highest BCUT2D eigenvalue weighted by Crippen LogP contribution is 2.19. The summed E-state index contributed by atoms with van der Waals surface area (Å²) in [5, 5.41) is 6.12. The van der Waals surface area contributed by atoms with Crippen LogP contribution in [0.1, 0.15) is 37.4 Å². The minimum absolute atomic E-state index is 0.135. The minimum Gasteiger partial charge on any atom is -0.353 e. The van der Waals surface area contributed by atoms with Gasteiger partial charge in [0.05, 0.1) is 22.1 Å². The molecule has 0 bridgehead atoms. The van der Waals surface area contributed by atoms with E-state index in [9.17, 15) is 4.79 Å². The first-order chi connectivity index (χ1) is 9.54. The molecule has 1 aromatic heterocycles. The highest BCUT2D eigenvalue weighted by Gasteiger charge is 2.36. The second-order valence-electron chi connectivity index (χ2n) is 5.63. The van der Waals surface area contributed by atoms with Crippen molar-refractivity contribution in [3.63, 3.8) is 0 Å². The van der Waals surface area contributed by atoms with Crippen LogP contribution in [0, 0.1) is 0 Å². The number of nitrogens with one attached hydrogen (secondary N) is 1. The zero-order valence-electron chi connectivity index (χ0n) is 12.1. The number of thiazole rings is 1. The summed E-state index contributed by atoms with van der Waals surface area (Å²) in [6.07, 6.45) is 3.19. The average Bonchev–Trinajstić information content (AvgIpc) is 2.87. The van der Waals surface area contributed by atoms with E-state index in [-0.39, 0.29) is 11.4 Å². The van der Waals surface area contributed by atoms with Gasteiger partial charge in [0.25, 0.3) is 0 Å². The first kappa shape index (κ1) is 15.7. The van der Waals surface area contributed by atoms with Gasteiger partial charge in [0.15, 0.2) is 0 Å². The Hall–Kier alpha value is -0.650. The molecular weight excluding hydrogens is 294 g/mol. The molecule has 0 radical (unpaired) electrons. The number of alkyl halides is 1. The molecule has 2 heterocycles. The van der Waals surface area contributed by atoms with Crippen molar-refractivity contribution in [2.75, 3.05) is 19.6 Å². The number of aryl methyl sites for hydroxylation is 1. The summed E-state index contributed by atoms with van der Waals surface area (Å²) in [4.78, 5) is 18.6. The molecule has 1 N–H and O–H groups in total. The predicted molar refractivity (Wildman–Crippen MR) is 83.3 cm³/mol. The number of amides is 1.